The lowest BCUT2D eigenvalue weighted by atomic mass is 10.2. The Morgan fingerprint density at radius 2 is 1.96 bits per heavy atom. The number of amides is 1. The van der Waals surface area contributed by atoms with E-state index in [0.717, 1.165) is 11.1 Å². The Labute approximate surface area is 147 Å². The highest BCUT2D eigenvalue weighted by atomic mass is 35.5. The molecular weight excluding hydrogens is 326 g/mol. The van der Waals surface area contributed by atoms with Crippen LogP contribution in [0.15, 0.2) is 42.5 Å². The number of halogens is 1. The fourth-order valence-corrected chi connectivity index (χ4v) is 2.27. The minimum atomic E-state index is -0.569. The summed E-state index contributed by atoms with van der Waals surface area (Å²) in [6.45, 7) is 6.39. The lowest BCUT2D eigenvalue weighted by Crippen LogP contribution is -2.38. The van der Waals surface area contributed by atoms with Crippen LogP contribution in [0.2, 0.25) is 5.02 Å². The van der Waals surface area contributed by atoms with E-state index in [1.807, 2.05) is 50.2 Å². The predicted octanol–water partition coefficient (Wildman–Crippen LogP) is 3.92. The first-order valence-electron chi connectivity index (χ1n) is 7.85. The molecule has 1 atom stereocenters. The van der Waals surface area contributed by atoms with Gasteiger partial charge in [0.1, 0.15) is 18.1 Å². The van der Waals surface area contributed by atoms with E-state index < -0.39 is 6.10 Å². The van der Waals surface area contributed by atoms with E-state index in [1.54, 1.807) is 13.0 Å². The Balaban J connectivity index is 1.73. The zero-order valence-electron chi connectivity index (χ0n) is 14.1. The van der Waals surface area contributed by atoms with E-state index in [0.29, 0.717) is 29.7 Å². The van der Waals surface area contributed by atoms with Crippen molar-refractivity contribution in [2.24, 2.45) is 0 Å². The largest absolute Gasteiger partial charge is 0.492 e. The topological polar surface area (TPSA) is 47.6 Å². The second-order valence-corrected chi connectivity index (χ2v) is 6.03. The maximum Gasteiger partial charge on any atom is 0.260 e. The molecule has 0 fully saturated rings. The summed E-state index contributed by atoms with van der Waals surface area (Å²) in [5, 5.41) is 3.46. The van der Waals surface area contributed by atoms with E-state index in [-0.39, 0.29) is 5.91 Å². The number of carbonyl (C=O) groups is 1. The van der Waals surface area contributed by atoms with E-state index >= 15 is 0 Å². The van der Waals surface area contributed by atoms with Crippen molar-refractivity contribution in [3.8, 4) is 11.5 Å². The Kier molecular flexibility index (Phi) is 6.50. The fourth-order valence-electron chi connectivity index (χ4n) is 2.10. The van der Waals surface area contributed by atoms with Crippen molar-refractivity contribution in [3.05, 3.63) is 58.6 Å². The monoisotopic (exact) mass is 347 g/mol. The molecule has 2 aromatic rings. The third-order valence-electron chi connectivity index (χ3n) is 3.48. The molecule has 0 saturated heterocycles. The van der Waals surface area contributed by atoms with Gasteiger partial charge in [0.2, 0.25) is 0 Å². The second kappa shape index (κ2) is 8.60. The van der Waals surface area contributed by atoms with Gasteiger partial charge in [-0.15, -0.1) is 0 Å². The molecule has 1 unspecified atom stereocenters. The fraction of sp³-hybridized carbons (Fsp3) is 0.316. The number of benzene rings is 2. The first-order chi connectivity index (χ1) is 11.5. The molecule has 24 heavy (non-hydrogen) atoms. The summed E-state index contributed by atoms with van der Waals surface area (Å²) >= 11 is 6.04. The van der Waals surface area contributed by atoms with Gasteiger partial charge in [0, 0.05) is 5.02 Å². The second-order valence-electron chi connectivity index (χ2n) is 5.63. The predicted molar refractivity (Wildman–Crippen MR) is 96.0 cm³/mol. The quantitative estimate of drug-likeness (QED) is 0.772. The van der Waals surface area contributed by atoms with Crippen LogP contribution in [0.3, 0.4) is 0 Å². The van der Waals surface area contributed by atoms with Crippen LogP contribution in [-0.2, 0) is 4.79 Å². The van der Waals surface area contributed by atoms with Crippen LogP contribution in [0.5, 0.6) is 11.5 Å². The summed E-state index contributed by atoms with van der Waals surface area (Å²) in [5.41, 5.74) is 2.09. The van der Waals surface area contributed by atoms with Crippen molar-refractivity contribution in [1.29, 1.82) is 0 Å². The zero-order valence-corrected chi connectivity index (χ0v) is 14.9. The first kappa shape index (κ1) is 18.1. The average molecular weight is 348 g/mol. The normalized spacial score (nSPS) is 11.7. The van der Waals surface area contributed by atoms with Crippen LogP contribution in [-0.4, -0.2) is 25.2 Å². The zero-order chi connectivity index (χ0) is 17.5. The van der Waals surface area contributed by atoms with Crippen LogP contribution < -0.4 is 14.8 Å². The average Bonchev–Trinajstić information content (AvgIpc) is 2.54. The van der Waals surface area contributed by atoms with Gasteiger partial charge in [-0.1, -0.05) is 29.8 Å². The van der Waals surface area contributed by atoms with Gasteiger partial charge >= 0.3 is 0 Å². The first-order valence-corrected chi connectivity index (χ1v) is 8.23. The minimum absolute atomic E-state index is 0.179. The van der Waals surface area contributed by atoms with Crippen molar-refractivity contribution >= 4 is 17.5 Å². The minimum Gasteiger partial charge on any atom is -0.492 e. The van der Waals surface area contributed by atoms with Crippen LogP contribution in [0.25, 0.3) is 0 Å². The molecular formula is C19H22ClNO3. The standard InChI is InChI=1S/C19H22ClNO3/c1-13-5-4-6-17(11-13)24-15(3)19(22)21-9-10-23-16-8-7-14(2)18(20)12-16/h4-8,11-12,15H,9-10H2,1-3H3,(H,21,22). The van der Waals surface area contributed by atoms with E-state index in [4.69, 9.17) is 21.1 Å². The molecule has 0 aliphatic heterocycles. The number of carbonyl (C=O) groups excluding carboxylic acids is 1. The van der Waals surface area contributed by atoms with Gasteiger partial charge < -0.3 is 14.8 Å². The Morgan fingerprint density at radius 1 is 1.17 bits per heavy atom. The Bertz CT molecular complexity index is 703. The van der Waals surface area contributed by atoms with Crippen molar-refractivity contribution in [2.75, 3.05) is 13.2 Å². The van der Waals surface area contributed by atoms with E-state index in [1.165, 1.54) is 0 Å². The molecule has 2 rings (SSSR count). The highest BCUT2D eigenvalue weighted by molar-refractivity contribution is 6.31. The molecule has 0 radical (unpaired) electrons. The summed E-state index contributed by atoms with van der Waals surface area (Å²) in [6.07, 6.45) is -0.569. The molecule has 1 amide bonds. The molecule has 0 aliphatic rings. The van der Waals surface area contributed by atoms with E-state index in [2.05, 4.69) is 5.32 Å². The molecule has 128 valence electrons. The highest BCUT2D eigenvalue weighted by Gasteiger charge is 2.14. The van der Waals surface area contributed by atoms with Gasteiger partial charge in [-0.2, -0.15) is 0 Å². The van der Waals surface area contributed by atoms with Gasteiger partial charge in [-0.05, 0) is 56.2 Å². The third-order valence-corrected chi connectivity index (χ3v) is 3.89. The number of rotatable bonds is 7. The maximum atomic E-state index is 12.0. The molecule has 0 spiro atoms. The van der Waals surface area contributed by atoms with Crippen molar-refractivity contribution in [1.82, 2.24) is 5.32 Å². The molecule has 2 aromatic carbocycles. The van der Waals surface area contributed by atoms with Crippen LogP contribution in [0.4, 0.5) is 0 Å². The molecule has 0 aromatic heterocycles. The molecule has 0 saturated carbocycles. The SMILES string of the molecule is Cc1cccc(OC(C)C(=O)NCCOc2ccc(C)c(Cl)c2)c1. The smallest absolute Gasteiger partial charge is 0.260 e. The highest BCUT2D eigenvalue weighted by Crippen LogP contribution is 2.21. The van der Waals surface area contributed by atoms with Crippen LogP contribution >= 0.6 is 11.6 Å². The lowest BCUT2D eigenvalue weighted by molar-refractivity contribution is -0.127. The summed E-state index contributed by atoms with van der Waals surface area (Å²) in [5.74, 6) is 1.19. The van der Waals surface area contributed by atoms with Crippen LogP contribution in [0.1, 0.15) is 18.1 Å². The summed E-state index contributed by atoms with van der Waals surface area (Å²) < 4.78 is 11.2. The summed E-state index contributed by atoms with van der Waals surface area (Å²) in [6, 6.07) is 13.1. The number of hydrogen-bond donors (Lipinski definition) is 1. The summed E-state index contributed by atoms with van der Waals surface area (Å²) in [4.78, 5) is 12.0. The Morgan fingerprint density at radius 3 is 2.67 bits per heavy atom. The Hall–Kier alpha value is -2.20. The molecule has 4 nitrogen and oxygen atoms in total. The molecule has 0 aliphatic carbocycles. The van der Waals surface area contributed by atoms with Gasteiger partial charge in [-0.3, -0.25) is 4.79 Å². The molecule has 0 heterocycles. The van der Waals surface area contributed by atoms with Gasteiger partial charge in [-0.25, -0.2) is 0 Å². The van der Waals surface area contributed by atoms with Gasteiger partial charge in [0.25, 0.3) is 5.91 Å². The van der Waals surface area contributed by atoms with Gasteiger partial charge in [0.15, 0.2) is 6.10 Å². The molecule has 5 heteroatoms. The number of hydrogen-bond acceptors (Lipinski definition) is 3. The van der Waals surface area contributed by atoms with E-state index in [9.17, 15) is 4.79 Å². The lowest BCUT2D eigenvalue weighted by Gasteiger charge is -2.15. The summed E-state index contributed by atoms with van der Waals surface area (Å²) in [7, 11) is 0. The third kappa shape index (κ3) is 5.46. The maximum absolute atomic E-state index is 12.0. The molecule has 1 N–H and O–H groups in total. The van der Waals surface area contributed by atoms with Crippen LogP contribution in [0, 0.1) is 13.8 Å². The number of nitrogens with one attached hydrogen (secondary N) is 1. The molecule has 0 bridgehead atoms. The van der Waals surface area contributed by atoms with Crippen molar-refractivity contribution in [2.45, 2.75) is 26.9 Å². The number of ether oxygens (including phenoxy) is 2. The van der Waals surface area contributed by atoms with Crippen molar-refractivity contribution in [3.63, 3.8) is 0 Å². The van der Waals surface area contributed by atoms with Gasteiger partial charge in [0.05, 0.1) is 6.54 Å². The van der Waals surface area contributed by atoms with Crippen molar-refractivity contribution < 1.29 is 14.3 Å². The number of aryl methyl sites for hydroxylation is 2.